The highest BCUT2D eigenvalue weighted by Gasteiger charge is 2.50. The molecule has 0 N–H and O–H groups in total. The molecule has 32 heavy (non-hydrogen) atoms. The molecule has 1 aliphatic carbocycles. The number of benzene rings is 3. The van der Waals surface area contributed by atoms with Crippen LogP contribution in [-0.4, -0.2) is 14.9 Å². The van der Waals surface area contributed by atoms with Gasteiger partial charge < -0.3 is 4.43 Å². The van der Waals surface area contributed by atoms with Gasteiger partial charge in [0.25, 0.3) is 8.32 Å². The minimum atomic E-state index is -2.55. The number of hydrogen-bond acceptors (Lipinski definition) is 2. The van der Waals surface area contributed by atoms with Gasteiger partial charge in [0.05, 0.1) is 6.04 Å². The molecule has 0 amide bonds. The van der Waals surface area contributed by atoms with Crippen molar-refractivity contribution in [1.29, 1.82) is 0 Å². The quantitative estimate of drug-likeness (QED) is 0.187. The molecule has 0 spiro atoms. The fourth-order valence-electron chi connectivity index (χ4n) is 5.25. The molecule has 164 valence electrons. The predicted molar refractivity (Wildman–Crippen MR) is 134 cm³/mol. The average Bonchev–Trinajstić information content (AvgIpc) is 3.15. The molecule has 2 unspecified atom stereocenters. The van der Waals surface area contributed by atoms with Gasteiger partial charge in [0, 0.05) is 11.5 Å². The molecule has 4 nitrogen and oxygen atoms in total. The molecular formula is C27H31N3OSi. The summed E-state index contributed by atoms with van der Waals surface area (Å²) in [5, 5.41) is 6.70. The lowest BCUT2D eigenvalue weighted by Gasteiger charge is -2.43. The van der Waals surface area contributed by atoms with Crippen molar-refractivity contribution in [3.8, 4) is 0 Å². The van der Waals surface area contributed by atoms with Crippen LogP contribution >= 0.6 is 0 Å². The zero-order valence-electron chi connectivity index (χ0n) is 19.1. The Balaban J connectivity index is 1.64. The van der Waals surface area contributed by atoms with Crippen molar-refractivity contribution in [3.63, 3.8) is 0 Å². The summed E-state index contributed by atoms with van der Waals surface area (Å²) >= 11 is 0. The summed E-state index contributed by atoms with van der Waals surface area (Å²) in [6.45, 7) is 7.54. The largest absolute Gasteiger partial charge is 0.407 e. The van der Waals surface area contributed by atoms with Crippen LogP contribution in [0, 0.1) is 5.92 Å². The molecular weight excluding hydrogens is 410 g/mol. The highest BCUT2D eigenvalue weighted by molar-refractivity contribution is 6.99. The number of fused-ring (bicyclic) bond motifs is 1. The SMILES string of the molecule is CC(C)(C)[Si](OCCC1Cc2ccccc2C1N=[N+]=[N-])(c1ccccc1)c1ccccc1. The number of hydrogen-bond donors (Lipinski definition) is 0. The molecule has 2 atom stereocenters. The topological polar surface area (TPSA) is 58.0 Å². The smallest absolute Gasteiger partial charge is 0.261 e. The van der Waals surface area contributed by atoms with E-state index in [4.69, 9.17) is 9.96 Å². The van der Waals surface area contributed by atoms with E-state index < -0.39 is 8.32 Å². The molecule has 5 heteroatoms. The van der Waals surface area contributed by atoms with Crippen LogP contribution in [0.3, 0.4) is 0 Å². The van der Waals surface area contributed by atoms with Crippen LogP contribution in [-0.2, 0) is 10.8 Å². The van der Waals surface area contributed by atoms with E-state index in [-0.39, 0.29) is 17.0 Å². The second-order valence-corrected chi connectivity index (χ2v) is 13.9. The van der Waals surface area contributed by atoms with Crippen LogP contribution < -0.4 is 10.4 Å². The van der Waals surface area contributed by atoms with E-state index in [9.17, 15) is 0 Å². The van der Waals surface area contributed by atoms with Gasteiger partial charge in [0.1, 0.15) is 0 Å². The highest BCUT2D eigenvalue weighted by Crippen LogP contribution is 2.42. The van der Waals surface area contributed by atoms with Gasteiger partial charge in [-0.15, -0.1) is 0 Å². The van der Waals surface area contributed by atoms with Gasteiger partial charge in [-0.25, -0.2) is 0 Å². The summed E-state index contributed by atoms with van der Waals surface area (Å²) in [7, 11) is -2.55. The molecule has 0 fully saturated rings. The fourth-order valence-corrected chi connectivity index (χ4v) is 9.83. The summed E-state index contributed by atoms with van der Waals surface area (Å²) in [4.78, 5) is 3.15. The molecule has 4 rings (SSSR count). The second-order valence-electron chi connectivity index (χ2n) is 9.61. The zero-order chi connectivity index (χ0) is 22.6. The van der Waals surface area contributed by atoms with Crippen molar-refractivity contribution in [2.75, 3.05) is 6.61 Å². The Morgan fingerprint density at radius 1 is 0.906 bits per heavy atom. The fraction of sp³-hybridized carbons (Fsp3) is 0.333. The molecule has 3 aromatic carbocycles. The maximum absolute atomic E-state index is 9.16. The molecule has 0 saturated heterocycles. The van der Waals surface area contributed by atoms with Gasteiger partial charge in [0.15, 0.2) is 0 Å². The van der Waals surface area contributed by atoms with Crippen molar-refractivity contribution in [3.05, 3.63) is 106 Å². The van der Waals surface area contributed by atoms with Crippen molar-refractivity contribution >= 4 is 18.7 Å². The Labute approximate surface area is 192 Å². The Morgan fingerprint density at radius 3 is 2.03 bits per heavy atom. The van der Waals surface area contributed by atoms with E-state index in [1.807, 2.05) is 6.07 Å². The first-order valence-corrected chi connectivity index (χ1v) is 13.3. The summed E-state index contributed by atoms with van der Waals surface area (Å²) in [6.07, 6.45) is 1.80. The molecule has 0 saturated carbocycles. The number of nitrogens with zero attached hydrogens (tertiary/aromatic N) is 3. The Morgan fingerprint density at radius 2 is 1.47 bits per heavy atom. The Kier molecular flexibility index (Phi) is 6.52. The van der Waals surface area contributed by atoms with Crippen molar-refractivity contribution in [2.24, 2.45) is 11.0 Å². The van der Waals surface area contributed by atoms with E-state index in [0.717, 1.165) is 12.8 Å². The van der Waals surface area contributed by atoms with Gasteiger partial charge in [-0.2, -0.15) is 0 Å². The van der Waals surface area contributed by atoms with Gasteiger partial charge >= 0.3 is 0 Å². The predicted octanol–water partition coefficient (Wildman–Crippen LogP) is 6.18. The first-order chi connectivity index (χ1) is 15.5. The van der Waals surface area contributed by atoms with E-state index >= 15 is 0 Å². The van der Waals surface area contributed by atoms with Gasteiger partial charge in [-0.05, 0) is 50.8 Å². The third-order valence-corrected chi connectivity index (χ3v) is 11.7. The highest BCUT2D eigenvalue weighted by atomic mass is 28.4. The average molecular weight is 442 g/mol. The number of rotatable bonds is 7. The lowest BCUT2D eigenvalue weighted by atomic mass is 9.98. The maximum Gasteiger partial charge on any atom is 0.261 e. The van der Waals surface area contributed by atoms with E-state index in [2.05, 4.69) is 110 Å². The first kappa shape index (κ1) is 22.3. The Hall–Kier alpha value is -2.85. The van der Waals surface area contributed by atoms with Crippen molar-refractivity contribution in [1.82, 2.24) is 0 Å². The van der Waals surface area contributed by atoms with Crippen LogP contribution in [0.5, 0.6) is 0 Å². The lowest BCUT2D eigenvalue weighted by molar-refractivity contribution is 0.254. The minimum absolute atomic E-state index is 0.0431. The normalized spacial score (nSPS) is 18.1. The summed E-state index contributed by atoms with van der Waals surface area (Å²) in [5.41, 5.74) is 11.6. The summed E-state index contributed by atoms with van der Waals surface area (Å²) in [5.74, 6) is 0.265. The zero-order valence-corrected chi connectivity index (χ0v) is 20.1. The monoisotopic (exact) mass is 441 g/mol. The number of azide groups is 1. The first-order valence-electron chi connectivity index (χ1n) is 11.3. The third kappa shape index (κ3) is 4.12. The van der Waals surface area contributed by atoms with Crippen molar-refractivity contribution < 1.29 is 4.43 Å². The second kappa shape index (κ2) is 9.33. The molecule has 0 aromatic heterocycles. The van der Waals surface area contributed by atoms with Crippen LogP contribution in [0.15, 0.2) is 90.0 Å². The summed E-state index contributed by atoms with van der Waals surface area (Å²) in [6, 6.07) is 29.7. The lowest BCUT2D eigenvalue weighted by Crippen LogP contribution is -2.66. The van der Waals surface area contributed by atoms with E-state index in [0.29, 0.717) is 6.61 Å². The molecule has 1 aliphatic rings. The van der Waals surface area contributed by atoms with Crippen LogP contribution in [0.1, 0.15) is 44.4 Å². The van der Waals surface area contributed by atoms with Crippen LogP contribution in [0.4, 0.5) is 0 Å². The van der Waals surface area contributed by atoms with Gasteiger partial charge in [0.2, 0.25) is 0 Å². The van der Waals surface area contributed by atoms with Crippen LogP contribution in [0.25, 0.3) is 10.4 Å². The molecule has 3 aromatic rings. The van der Waals surface area contributed by atoms with Gasteiger partial charge in [-0.3, -0.25) is 0 Å². The molecule has 0 aliphatic heterocycles. The van der Waals surface area contributed by atoms with E-state index in [1.54, 1.807) is 0 Å². The maximum atomic E-state index is 9.16. The Bertz CT molecular complexity index is 1050. The minimum Gasteiger partial charge on any atom is -0.407 e. The molecule has 0 heterocycles. The van der Waals surface area contributed by atoms with Crippen molar-refractivity contribution in [2.45, 2.75) is 44.7 Å². The third-order valence-electron chi connectivity index (χ3n) is 6.70. The summed E-state index contributed by atoms with van der Waals surface area (Å²) < 4.78 is 7.06. The van der Waals surface area contributed by atoms with Crippen LogP contribution in [0.2, 0.25) is 5.04 Å². The van der Waals surface area contributed by atoms with E-state index in [1.165, 1.54) is 21.5 Å². The van der Waals surface area contributed by atoms with Gasteiger partial charge in [-0.1, -0.05) is 111 Å². The molecule has 0 radical (unpaired) electrons. The standard InChI is InChI=1S/C27H31N3OSi/c1-27(2,3)32(23-13-6-4-7-14-23,24-15-8-5-9-16-24)31-19-18-22-20-21-12-10-11-17-25(21)26(22)29-30-28/h4-17,22,26H,18-20H2,1-3H3. The molecule has 0 bridgehead atoms.